The molecular weight excluding hydrogens is 272 g/mol. The van der Waals surface area contributed by atoms with Crippen molar-refractivity contribution in [2.45, 2.75) is 18.6 Å². The fraction of sp³-hybridized carbons (Fsp3) is 0.267. The molecule has 2 aromatic rings. The Labute approximate surface area is 119 Å². The molecule has 1 aromatic carbocycles. The zero-order valence-electron chi connectivity index (χ0n) is 11.2. The highest BCUT2D eigenvalue weighted by Gasteiger charge is 2.44. The standard InChI is InChI=1S/C15H16N2O2S/c1-2-11-17-13-9-6-10-16-14(13)15(20(17,18)19)12-7-4-3-5-8-12/h3-10,15H,2,11H2,1H3. The minimum atomic E-state index is -3.43. The largest absolute Gasteiger partial charge is 0.268 e. The molecule has 1 aliphatic rings. The summed E-state index contributed by atoms with van der Waals surface area (Å²) in [5, 5.41) is -0.688. The second-order valence-corrected chi connectivity index (χ2v) is 6.76. The van der Waals surface area contributed by atoms with Gasteiger partial charge >= 0.3 is 0 Å². The van der Waals surface area contributed by atoms with Crippen LogP contribution < -0.4 is 4.31 Å². The minimum absolute atomic E-state index is 0.490. The van der Waals surface area contributed by atoms with Gasteiger partial charge in [-0.1, -0.05) is 37.3 Å². The van der Waals surface area contributed by atoms with E-state index in [0.717, 1.165) is 12.0 Å². The highest BCUT2D eigenvalue weighted by atomic mass is 32.2. The monoisotopic (exact) mass is 288 g/mol. The molecule has 20 heavy (non-hydrogen) atoms. The predicted octanol–water partition coefficient (Wildman–Crippen LogP) is 2.73. The summed E-state index contributed by atoms with van der Waals surface area (Å²) in [5.41, 5.74) is 2.11. The highest BCUT2D eigenvalue weighted by molar-refractivity contribution is 7.93. The normalized spacial score (nSPS) is 19.9. The van der Waals surface area contributed by atoms with E-state index in [0.29, 0.717) is 17.9 Å². The summed E-state index contributed by atoms with van der Waals surface area (Å²) in [4.78, 5) is 4.32. The first-order valence-corrected chi connectivity index (χ1v) is 8.18. The molecule has 3 rings (SSSR count). The van der Waals surface area contributed by atoms with Crippen molar-refractivity contribution < 1.29 is 8.42 Å². The average molecular weight is 288 g/mol. The van der Waals surface area contributed by atoms with Crippen LogP contribution in [0, 0.1) is 0 Å². The highest BCUT2D eigenvalue weighted by Crippen LogP contribution is 2.44. The number of hydrogen-bond donors (Lipinski definition) is 0. The molecule has 0 spiro atoms. The van der Waals surface area contributed by atoms with Crippen molar-refractivity contribution in [3.63, 3.8) is 0 Å². The Morgan fingerprint density at radius 1 is 1.15 bits per heavy atom. The molecule has 0 saturated heterocycles. The second-order valence-electron chi connectivity index (χ2n) is 4.82. The molecule has 0 fully saturated rings. The van der Waals surface area contributed by atoms with E-state index in [4.69, 9.17) is 0 Å². The molecule has 0 aliphatic carbocycles. The molecule has 1 unspecified atom stereocenters. The van der Waals surface area contributed by atoms with Crippen LogP contribution in [-0.4, -0.2) is 19.9 Å². The van der Waals surface area contributed by atoms with E-state index in [2.05, 4.69) is 4.98 Å². The summed E-state index contributed by atoms with van der Waals surface area (Å²) in [6.45, 7) is 2.46. The maximum atomic E-state index is 12.8. The third kappa shape index (κ3) is 1.89. The summed E-state index contributed by atoms with van der Waals surface area (Å²) in [6, 6.07) is 12.9. The fourth-order valence-electron chi connectivity index (χ4n) is 2.64. The van der Waals surface area contributed by atoms with E-state index in [9.17, 15) is 8.42 Å². The van der Waals surface area contributed by atoms with Crippen molar-refractivity contribution in [3.8, 4) is 0 Å². The Morgan fingerprint density at radius 3 is 2.60 bits per heavy atom. The van der Waals surface area contributed by atoms with Crippen LogP contribution in [-0.2, 0) is 10.0 Å². The van der Waals surface area contributed by atoms with Gasteiger partial charge < -0.3 is 0 Å². The van der Waals surface area contributed by atoms with Crippen LogP contribution in [0.3, 0.4) is 0 Å². The molecule has 2 heterocycles. The van der Waals surface area contributed by atoms with Gasteiger partial charge in [0.05, 0.1) is 11.4 Å². The number of benzene rings is 1. The topological polar surface area (TPSA) is 50.3 Å². The predicted molar refractivity (Wildman–Crippen MR) is 79.1 cm³/mol. The van der Waals surface area contributed by atoms with Gasteiger partial charge in [0.1, 0.15) is 5.25 Å². The molecule has 1 atom stereocenters. The first kappa shape index (κ1) is 13.1. The summed E-state index contributed by atoms with van der Waals surface area (Å²) in [5.74, 6) is 0. The van der Waals surface area contributed by atoms with E-state index in [1.54, 1.807) is 12.3 Å². The number of hydrogen-bond acceptors (Lipinski definition) is 3. The van der Waals surface area contributed by atoms with Crippen LogP contribution in [0.1, 0.15) is 29.9 Å². The lowest BCUT2D eigenvalue weighted by Crippen LogP contribution is -2.29. The molecule has 1 aromatic heterocycles. The summed E-state index contributed by atoms with van der Waals surface area (Å²) in [7, 11) is -3.43. The van der Waals surface area contributed by atoms with Crippen LogP contribution in [0.2, 0.25) is 0 Å². The molecule has 4 nitrogen and oxygen atoms in total. The molecule has 104 valence electrons. The van der Waals surface area contributed by atoms with Crippen LogP contribution in [0.15, 0.2) is 48.7 Å². The van der Waals surface area contributed by atoms with E-state index in [1.165, 1.54) is 4.31 Å². The van der Waals surface area contributed by atoms with Crippen LogP contribution in [0.5, 0.6) is 0 Å². The maximum Gasteiger partial charge on any atom is 0.248 e. The van der Waals surface area contributed by atoms with Crippen molar-refractivity contribution in [2.24, 2.45) is 0 Å². The van der Waals surface area contributed by atoms with Gasteiger partial charge in [0.25, 0.3) is 0 Å². The van der Waals surface area contributed by atoms with E-state index < -0.39 is 15.3 Å². The second kappa shape index (κ2) is 4.90. The lowest BCUT2D eigenvalue weighted by Gasteiger charge is -2.18. The van der Waals surface area contributed by atoms with Crippen LogP contribution >= 0.6 is 0 Å². The lowest BCUT2D eigenvalue weighted by atomic mass is 10.1. The van der Waals surface area contributed by atoms with Gasteiger partial charge in [-0.3, -0.25) is 9.29 Å². The minimum Gasteiger partial charge on any atom is -0.268 e. The molecular formula is C15H16N2O2S. The van der Waals surface area contributed by atoms with Gasteiger partial charge in [-0.25, -0.2) is 8.42 Å². The van der Waals surface area contributed by atoms with Gasteiger partial charge in [0.2, 0.25) is 10.0 Å². The maximum absolute atomic E-state index is 12.8. The van der Waals surface area contributed by atoms with Gasteiger partial charge in [0, 0.05) is 12.7 Å². The lowest BCUT2D eigenvalue weighted by molar-refractivity contribution is 0.587. The summed E-state index contributed by atoms with van der Waals surface area (Å²) >= 11 is 0. The van der Waals surface area contributed by atoms with E-state index in [-0.39, 0.29) is 0 Å². The average Bonchev–Trinajstić information content (AvgIpc) is 2.68. The molecule has 0 N–H and O–H groups in total. The quantitative estimate of drug-likeness (QED) is 0.872. The van der Waals surface area contributed by atoms with Gasteiger partial charge in [-0.15, -0.1) is 0 Å². The first-order chi connectivity index (χ1) is 9.66. The number of nitrogens with zero attached hydrogens (tertiary/aromatic N) is 2. The third-order valence-corrected chi connectivity index (χ3v) is 5.55. The number of pyridine rings is 1. The van der Waals surface area contributed by atoms with Crippen molar-refractivity contribution in [3.05, 3.63) is 59.9 Å². The van der Waals surface area contributed by atoms with Crippen LogP contribution in [0.4, 0.5) is 5.69 Å². The van der Waals surface area contributed by atoms with Gasteiger partial charge in [0.15, 0.2) is 0 Å². The number of anilines is 1. The molecule has 5 heteroatoms. The van der Waals surface area contributed by atoms with Crippen molar-refractivity contribution >= 4 is 15.7 Å². The molecule has 0 saturated carbocycles. The van der Waals surface area contributed by atoms with Crippen molar-refractivity contribution in [1.29, 1.82) is 0 Å². The summed E-state index contributed by atoms with van der Waals surface area (Å²) in [6.07, 6.45) is 2.43. The molecule has 0 amide bonds. The smallest absolute Gasteiger partial charge is 0.248 e. The number of sulfonamides is 1. The Kier molecular flexibility index (Phi) is 3.22. The molecule has 1 aliphatic heterocycles. The Morgan fingerprint density at radius 2 is 1.90 bits per heavy atom. The Hall–Kier alpha value is -1.88. The molecule has 0 radical (unpaired) electrons. The van der Waals surface area contributed by atoms with Gasteiger partial charge in [-0.05, 0) is 24.1 Å². The fourth-order valence-corrected chi connectivity index (χ4v) is 4.72. The van der Waals surface area contributed by atoms with Crippen LogP contribution in [0.25, 0.3) is 0 Å². The summed E-state index contributed by atoms with van der Waals surface area (Å²) < 4.78 is 27.1. The Bertz CT molecular complexity index is 714. The zero-order chi connectivity index (χ0) is 14.2. The Balaban J connectivity index is 2.20. The van der Waals surface area contributed by atoms with Crippen molar-refractivity contribution in [1.82, 2.24) is 4.98 Å². The van der Waals surface area contributed by atoms with Gasteiger partial charge in [-0.2, -0.15) is 0 Å². The first-order valence-electron chi connectivity index (χ1n) is 6.67. The number of aromatic nitrogens is 1. The zero-order valence-corrected chi connectivity index (χ0v) is 12.0. The molecule has 0 bridgehead atoms. The number of rotatable bonds is 3. The number of fused-ring (bicyclic) bond motifs is 1. The van der Waals surface area contributed by atoms with E-state index in [1.807, 2.05) is 43.3 Å². The SMILES string of the molecule is CCCN1c2cccnc2C(c2ccccc2)S1(=O)=O. The van der Waals surface area contributed by atoms with E-state index >= 15 is 0 Å². The third-order valence-electron chi connectivity index (χ3n) is 3.47. The van der Waals surface area contributed by atoms with Crippen molar-refractivity contribution in [2.75, 3.05) is 10.8 Å².